The van der Waals surface area contributed by atoms with Gasteiger partial charge in [-0.1, -0.05) is 65.1 Å². The van der Waals surface area contributed by atoms with Gasteiger partial charge in [-0.05, 0) is 6.42 Å². The maximum absolute atomic E-state index is 14.2. The van der Waals surface area contributed by atoms with Crippen molar-refractivity contribution in [2.24, 2.45) is 0 Å². The first kappa shape index (κ1) is 25.7. The molecule has 0 unspecified atom stereocenters. The van der Waals surface area contributed by atoms with Crippen LogP contribution in [0.5, 0.6) is 0 Å². The number of hydrogen-bond donors (Lipinski definition) is 0. The summed E-state index contributed by atoms with van der Waals surface area (Å²) in [5.41, 5.74) is 0. The standard InChI is InChI=1S/C17H30F8Si/c1-5-9-10-11-12-14(18,19)16(22,23)17(24,25)15(20,21)13-26(6-2,7-3)8-4/h5-13H2,1-4H3. The zero-order chi connectivity index (χ0) is 20.9. The Bertz CT molecular complexity index is 411. The van der Waals surface area contributed by atoms with E-state index in [1.165, 1.54) is 0 Å². The van der Waals surface area contributed by atoms with Gasteiger partial charge in [0.1, 0.15) is 0 Å². The number of halogens is 8. The van der Waals surface area contributed by atoms with Gasteiger partial charge >= 0.3 is 23.7 Å². The summed E-state index contributed by atoms with van der Waals surface area (Å²) in [6.07, 6.45) is -0.694. The SMILES string of the molecule is CCCCCCC(F)(F)C(F)(F)C(F)(F)C(F)(F)C[Si](CC)(CC)CC. The Morgan fingerprint density at radius 1 is 0.577 bits per heavy atom. The minimum atomic E-state index is -6.11. The summed E-state index contributed by atoms with van der Waals surface area (Å²) < 4.78 is 112. The Hall–Kier alpha value is -0.343. The van der Waals surface area contributed by atoms with E-state index in [0.29, 0.717) is 12.8 Å². The Labute approximate surface area is 151 Å². The van der Waals surface area contributed by atoms with Gasteiger partial charge in [0.25, 0.3) is 0 Å². The summed E-state index contributed by atoms with van der Waals surface area (Å²) in [5, 5.41) is 0. The zero-order valence-corrected chi connectivity index (χ0v) is 16.9. The number of alkyl halides is 8. The Morgan fingerprint density at radius 2 is 1.00 bits per heavy atom. The van der Waals surface area contributed by atoms with Gasteiger partial charge in [0.2, 0.25) is 0 Å². The molecule has 0 rings (SSSR count). The molecule has 0 fully saturated rings. The molecule has 158 valence electrons. The smallest absolute Gasteiger partial charge is 0.200 e. The quantitative estimate of drug-likeness (QED) is 0.163. The van der Waals surface area contributed by atoms with E-state index < -0.39 is 50.6 Å². The predicted molar refractivity (Wildman–Crippen MR) is 90.6 cm³/mol. The first-order valence-corrected chi connectivity index (χ1v) is 12.0. The van der Waals surface area contributed by atoms with Crippen molar-refractivity contribution in [3.63, 3.8) is 0 Å². The summed E-state index contributed by atoms with van der Waals surface area (Å²) >= 11 is 0. The summed E-state index contributed by atoms with van der Waals surface area (Å²) in [7, 11) is -2.94. The normalized spacial score (nSPS) is 14.8. The van der Waals surface area contributed by atoms with Gasteiger partial charge in [-0.2, -0.15) is 35.1 Å². The van der Waals surface area contributed by atoms with Crippen LogP contribution in [-0.4, -0.2) is 31.8 Å². The average Bonchev–Trinajstić information content (AvgIpc) is 2.56. The second-order valence-electron chi connectivity index (χ2n) is 7.11. The summed E-state index contributed by atoms with van der Waals surface area (Å²) in [6, 6.07) is -0.821. The summed E-state index contributed by atoms with van der Waals surface area (Å²) in [5.74, 6) is -22.6. The van der Waals surface area contributed by atoms with Crippen LogP contribution in [0.3, 0.4) is 0 Å². The molecule has 9 heteroatoms. The van der Waals surface area contributed by atoms with E-state index in [1.54, 1.807) is 27.7 Å². The van der Waals surface area contributed by atoms with Gasteiger partial charge in [0.15, 0.2) is 0 Å². The van der Waals surface area contributed by atoms with Crippen molar-refractivity contribution in [2.45, 2.75) is 108 Å². The van der Waals surface area contributed by atoms with Crippen molar-refractivity contribution in [1.82, 2.24) is 0 Å². The molecule has 0 spiro atoms. The van der Waals surface area contributed by atoms with E-state index in [2.05, 4.69) is 0 Å². The number of rotatable bonds is 13. The monoisotopic (exact) mass is 414 g/mol. The van der Waals surface area contributed by atoms with Gasteiger partial charge in [-0.25, -0.2) is 0 Å². The van der Waals surface area contributed by atoms with Crippen molar-refractivity contribution in [1.29, 1.82) is 0 Å². The molecule has 0 nitrogen and oxygen atoms in total. The fraction of sp³-hybridized carbons (Fsp3) is 1.00. The third kappa shape index (κ3) is 5.13. The fourth-order valence-electron chi connectivity index (χ4n) is 3.10. The molecule has 26 heavy (non-hydrogen) atoms. The van der Waals surface area contributed by atoms with Crippen molar-refractivity contribution in [3.8, 4) is 0 Å². The van der Waals surface area contributed by atoms with Crippen LogP contribution in [0.1, 0.15) is 59.8 Å². The molecular weight excluding hydrogens is 384 g/mol. The van der Waals surface area contributed by atoms with Gasteiger partial charge < -0.3 is 0 Å². The molecule has 0 amide bonds. The van der Waals surface area contributed by atoms with E-state index >= 15 is 0 Å². The van der Waals surface area contributed by atoms with Crippen molar-refractivity contribution in [3.05, 3.63) is 0 Å². The predicted octanol–water partition coefficient (Wildman–Crippen LogP) is 8.01. The first-order chi connectivity index (χ1) is 11.7. The van der Waals surface area contributed by atoms with Crippen LogP contribution in [-0.2, 0) is 0 Å². The molecular formula is C17H30F8Si. The van der Waals surface area contributed by atoms with E-state index in [0.717, 1.165) is 0 Å². The number of hydrogen-bond acceptors (Lipinski definition) is 0. The molecule has 0 bridgehead atoms. The lowest BCUT2D eigenvalue weighted by Gasteiger charge is -2.40. The van der Waals surface area contributed by atoms with Crippen molar-refractivity contribution >= 4 is 8.07 Å². The highest BCUT2D eigenvalue weighted by molar-refractivity contribution is 6.79. The van der Waals surface area contributed by atoms with Crippen LogP contribution in [0.15, 0.2) is 0 Å². The van der Waals surface area contributed by atoms with Crippen molar-refractivity contribution < 1.29 is 35.1 Å². The topological polar surface area (TPSA) is 0 Å². The molecule has 0 aromatic rings. The fourth-order valence-corrected chi connectivity index (χ4v) is 6.51. The maximum Gasteiger partial charge on any atom is 0.378 e. The van der Waals surface area contributed by atoms with Crippen LogP contribution < -0.4 is 0 Å². The Balaban J connectivity index is 5.57. The third-order valence-corrected chi connectivity index (χ3v) is 11.2. The van der Waals surface area contributed by atoms with Gasteiger partial charge in [0.05, 0.1) is 8.07 Å². The third-order valence-electron chi connectivity index (χ3n) is 5.50. The molecule has 0 saturated heterocycles. The Kier molecular flexibility index (Phi) is 9.11. The second kappa shape index (κ2) is 9.23. The lowest BCUT2D eigenvalue weighted by molar-refractivity contribution is -0.363. The van der Waals surface area contributed by atoms with Gasteiger partial charge in [0, 0.05) is 12.5 Å². The minimum Gasteiger partial charge on any atom is -0.200 e. The highest BCUT2D eigenvalue weighted by Crippen LogP contribution is 2.56. The average molecular weight is 414 g/mol. The molecule has 0 aliphatic rings. The Morgan fingerprint density at radius 3 is 1.38 bits per heavy atom. The van der Waals surface area contributed by atoms with E-state index in [1.807, 2.05) is 0 Å². The van der Waals surface area contributed by atoms with Crippen LogP contribution in [0.2, 0.25) is 24.2 Å². The largest absolute Gasteiger partial charge is 0.378 e. The number of unbranched alkanes of at least 4 members (excludes halogenated alkanes) is 3. The molecule has 0 N–H and O–H groups in total. The lowest BCUT2D eigenvalue weighted by Crippen LogP contribution is -2.63. The maximum atomic E-state index is 14.2. The van der Waals surface area contributed by atoms with Gasteiger partial charge in [-0.15, -0.1) is 0 Å². The van der Waals surface area contributed by atoms with Crippen LogP contribution in [0.4, 0.5) is 35.1 Å². The summed E-state index contributed by atoms with van der Waals surface area (Å²) in [6.45, 7) is 6.41. The molecule has 0 aliphatic heterocycles. The first-order valence-electron chi connectivity index (χ1n) is 9.21. The van der Waals surface area contributed by atoms with E-state index in [-0.39, 0.29) is 24.6 Å². The minimum absolute atomic E-state index is 0.154. The molecule has 0 aromatic carbocycles. The second-order valence-corrected chi connectivity index (χ2v) is 12.6. The lowest BCUT2D eigenvalue weighted by atomic mass is 9.95. The highest BCUT2D eigenvalue weighted by Gasteiger charge is 2.80. The molecule has 0 aromatic heterocycles. The van der Waals surface area contributed by atoms with Crippen LogP contribution in [0.25, 0.3) is 0 Å². The summed E-state index contributed by atoms with van der Waals surface area (Å²) in [4.78, 5) is 0. The zero-order valence-electron chi connectivity index (χ0n) is 15.9. The van der Waals surface area contributed by atoms with E-state index in [4.69, 9.17) is 0 Å². The molecule has 0 atom stereocenters. The van der Waals surface area contributed by atoms with Crippen LogP contribution in [0, 0.1) is 0 Å². The molecule has 0 aliphatic carbocycles. The molecule has 0 radical (unpaired) electrons. The highest BCUT2D eigenvalue weighted by atomic mass is 28.3. The van der Waals surface area contributed by atoms with E-state index in [9.17, 15) is 35.1 Å². The van der Waals surface area contributed by atoms with Gasteiger partial charge in [-0.3, -0.25) is 0 Å². The molecule has 0 heterocycles. The molecule has 0 saturated carbocycles. The van der Waals surface area contributed by atoms with Crippen LogP contribution >= 0.6 is 0 Å². The van der Waals surface area contributed by atoms with Crippen molar-refractivity contribution in [2.75, 3.05) is 0 Å².